The van der Waals surface area contributed by atoms with Crippen molar-refractivity contribution in [2.24, 2.45) is 0 Å². The Bertz CT molecular complexity index is 573. The third-order valence-electron chi connectivity index (χ3n) is 4.83. The molecule has 5 nitrogen and oxygen atoms in total. The molecule has 0 fully saturated rings. The highest BCUT2D eigenvalue weighted by Gasteiger charge is 2.07. The minimum atomic E-state index is -0.217. The molecule has 7 heteroatoms. The fourth-order valence-corrected chi connectivity index (χ4v) is 2.87. The number of aryl methyl sites for hydroxylation is 1. The summed E-state index contributed by atoms with van der Waals surface area (Å²) in [6.45, 7) is 7.89. The fourth-order valence-electron chi connectivity index (χ4n) is 2.87. The number of likely N-dealkylation sites (N-methyl/N-ethyl adjacent to an activating group) is 1. The van der Waals surface area contributed by atoms with Crippen molar-refractivity contribution < 1.29 is 9.13 Å². The maximum atomic E-state index is 14.4. The van der Waals surface area contributed by atoms with Crippen molar-refractivity contribution in [1.82, 2.24) is 15.5 Å². The van der Waals surface area contributed by atoms with E-state index >= 15 is 0 Å². The lowest BCUT2D eigenvalue weighted by molar-refractivity contribution is 0.160. The van der Waals surface area contributed by atoms with Crippen LogP contribution in [-0.2, 0) is 11.2 Å². The van der Waals surface area contributed by atoms with Crippen molar-refractivity contribution in [3.05, 3.63) is 41.9 Å². The monoisotopic (exact) mass is 392 g/mol. The van der Waals surface area contributed by atoms with Crippen LogP contribution in [0.5, 0.6) is 0 Å². The maximum absolute atomic E-state index is 14.4. The standard InChI is InChI=1S/C21H38BFN4O/c1-17(8-11-21(22)28-4)26-20-10-9-18(15-19(20)23)7-5-6-13-27(3)14-12-25-16-24-2/h9-10,15,21,24-26H,1,5-8,11-14,16,22H2,2-4H3. The lowest BCUT2D eigenvalue weighted by Gasteiger charge is -2.17. The second kappa shape index (κ2) is 14.6. The molecule has 0 aliphatic carbocycles. The van der Waals surface area contributed by atoms with Crippen LogP contribution in [0.25, 0.3) is 0 Å². The molecule has 0 amide bonds. The van der Waals surface area contributed by atoms with E-state index in [1.807, 2.05) is 27.0 Å². The molecule has 0 spiro atoms. The summed E-state index contributed by atoms with van der Waals surface area (Å²) < 4.78 is 19.6. The number of rotatable bonds is 16. The molecule has 0 saturated heterocycles. The van der Waals surface area contributed by atoms with E-state index in [4.69, 9.17) is 4.74 Å². The first-order valence-corrected chi connectivity index (χ1v) is 10.3. The third-order valence-corrected chi connectivity index (χ3v) is 4.83. The van der Waals surface area contributed by atoms with E-state index in [1.54, 1.807) is 13.2 Å². The number of nitrogens with one attached hydrogen (secondary N) is 3. The molecule has 1 unspecified atom stereocenters. The van der Waals surface area contributed by atoms with Gasteiger partial charge in [0.15, 0.2) is 0 Å². The normalized spacial score (nSPS) is 12.3. The molecular formula is C21H38BFN4O. The summed E-state index contributed by atoms with van der Waals surface area (Å²) in [7, 11) is 7.78. The van der Waals surface area contributed by atoms with E-state index < -0.39 is 0 Å². The summed E-state index contributed by atoms with van der Waals surface area (Å²) in [5.74, 6) is -0.217. The molecule has 0 aliphatic heterocycles. The molecule has 0 aromatic heterocycles. The molecule has 0 saturated carbocycles. The van der Waals surface area contributed by atoms with Gasteiger partial charge in [-0.15, -0.1) is 0 Å². The molecule has 0 radical (unpaired) electrons. The van der Waals surface area contributed by atoms with Crippen LogP contribution in [0.2, 0.25) is 0 Å². The Labute approximate surface area is 171 Å². The van der Waals surface area contributed by atoms with Crippen LogP contribution < -0.4 is 16.0 Å². The van der Waals surface area contributed by atoms with Crippen LogP contribution in [0.3, 0.4) is 0 Å². The molecule has 1 rings (SSSR count). The van der Waals surface area contributed by atoms with Gasteiger partial charge in [0.05, 0.1) is 5.69 Å². The second-order valence-corrected chi connectivity index (χ2v) is 7.42. The molecule has 3 N–H and O–H groups in total. The number of halogens is 1. The van der Waals surface area contributed by atoms with Crippen LogP contribution in [0.1, 0.15) is 31.2 Å². The summed E-state index contributed by atoms with van der Waals surface area (Å²) in [6.07, 6.45) is 4.69. The SMILES string of the molecule is BC(CCC(=C)Nc1ccc(CCCCN(C)CCNCNC)cc1F)OC. The van der Waals surface area contributed by atoms with Gasteiger partial charge in [-0.05, 0) is 70.4 Å². The van der Waals surface area contributed by atoms with Gasteiger partial charge in [0.2, 0.25) is 0 Å². The smallest absolute Gasteiger partial charge is 0.146 e. The first-order chi connectivity index (χ1) is 13.5. The minimum Gasteiger partial charge on any atom is -0.390 e. The molecule has 1 atom stereocenters. The Kier molecular flexibility index (Phi) is 12.8. The van der Waals surface area contributed by atoms with Gasteiger partial charge in [0.25, 0.3) is 0 Å². The van der Waals surface area contributed by atoms with Crippen LogP contribution in [-0.4, -0.2) is 66.3 Å². The maximum Gasteiger partial charge on any atom is 0.146 e. The highest BCUT2D eigenvalue weighted by Crippen LogP contribution is 2.20. The Morgan fingerprint density at radius 1 is 1.32 bits per heavy atom. The summed E-state index contributed by atoms with van der Waals surface area (Å²) >= 11 is 0. The molecule has 158 valence electrons. The van der Waals surface area contributed by atoms with E-state index in [0.29, 0.717) is 5.69 Å². The van der Waals surface area contributed by atoms with Crippen molar-refractivity contribution in [1.29, 1.82) is 0 Å². The Balaban J connectivity index is 2.29. The molecule has 0 bridgehead atoms. The number of unbranched alkanes of at least 4 members (excludes halogenated alkanes) is 1. The van der Waals surface area contributed by atoms with E-state index in [-0.39, 0.29) is 11.8 Å². The van der Waals surface area contributed by atoms with Gasteiger partial charge in [0, 0.05) is 38.6 Å². The first kappa shape index (κ1) is 24.6. The average Bonchev–Trinajstić information content (AvgIpc) is 2.68. The van der Waals surface area contributed by atoms with Crippen molar-refractivity contribution in [3.8, 4) is 0 Å². The molecule has 1 aromatic rings. The molecular weight excluding hydrogens is 354 g/mol. The third kappa shape index (κ3) is 10.8. The highest BCUT2D eigenvalue weighted by atomic mass is 19.1. The van der Waals surface area contributed by atoms with Gasteiger partial charge in [-0.2, -0.15) is 0 Å². The molecule has 0 heterocycles. The van der Waals surface area contributed by atoms with Crippen LogP contribution in [0, 0.1) is 5.82 Å². The van der Waals surface area contributed by atoms with Crippen molar-refractivity contribution >= 4 is 13.5 Å². The van der Waals surface area contributed by atoms with Gasteiger partial charge < -0.3 is 25.6 Å². The Hall–Kier alpha value is -1.41. The first-order valence-electron chi connectivity index (χ1n) is 10.3. The number of hydrogen-bond acceptors (Lipinski definition) is 5. The van der Waals surface area contributed by atoms with E-state index in [1.165, 1.54) is 0 Å². The zero-order valence-electron chi connectivity index (χ0n) is 18.1. The number of hydrogen-bond donors (Lipinski definition) is 3. The van der Waals surface area contributed by atoms with Crippen LogP contribution in [0.4, 0.5) is 10.1 Å². The topological polar surface area (TPSA) is 48.6 Å². The lowest BCUT2D eigenvalue weighted by atomic mass is 9.94. The summed E-state index contributed by atoms with van der Waals surface area (Å²) in [5, 5.41) is 9.47. The van der Waals surface area contributed by atoms with E-state index in [0.717, 1.165) is 69.7 Å². The lowest BCUT2D eigenvalue weighted by Crippen LogP contribution is -2.34. The number of benzene rings is 1. The van der Waals surface area contributed by atoms with Gasteiger partial charge in [-0.25, -0.2) is 4.39 Å². The summed E-state index contributed by atoms with van der Waals surface area (Å²) in [4.78, 5) is 2.33. The van der Waals surface area contributed by atoms with Crippen LogP contribution >= 0.6 is 0 Å². The highest BCUT2D eigenvalue weighted by molar-refractivity contribution is 6.10. The fraction of sp³-hybridized carbons (Fsp3) is 0.619. The predicted molar refractivity (Wildman–Crippen MR) is 120 cm³/mol. The van der Waals surface area contributed by atoms with Crippen molar-refractivity contribution in [2.45, 2.75) is 38.1 Å². The largest absolute Gasteiger partial charge is 0.390 e. The summed E-state index contributed by atoms with van der Waals surface area (Å²) in [5.41, 5.74) is 2.34. The van der Waals surface area contributed by atoms with Crippen LogP contribution in [0.15, 0.2) is 30.5 Å². The van der Waals surface area contributed by atoms with Gasteiger partial charge in [-0.1, -0.05) is 12.6 Å². The van der Waals surface area contributed by atoms with Crippen molar-refractivity contribution in [2.75, 3.05) is 52.8 Å². The predicted octanol–water partition coefficient (Wildman–Crippen LogP) is 2.16. The van der Waals surface area contributed by atoms with Crippen molar-refractivity contribution in [3.63, 3.8) is 0 Å². The van der Waals surface area contributed by atoms with Gasteiger partial charge >= 0.3 is 0 Å². The second-order valence-electron chi connectivity index (χ2n) is 7.42. The minimum absolute atomic E-state index is 0.175. The zero-order chi connectivity index (χ0) is 20.8. The van der Waals surface area contributed by atoms with Gasteiger partial charge in [-0.3, -0.25) is 0 Å². The number of ether oxygens (including phenoxy) is 1. The average molecular weight is 392 g/mol. The Morgan fingerprint density at radius 2 is 2.11 bits per heavy atom. The molecule has 0 aliphatic rings. The van der Waals surface area contributed by atoms with E-state index in [2.05, 4.69) is 34.5 Å². The molecule has 1 aromatic carbocycles. The zero-order valence-corrected chi connectivity index (χ0v) is 18.1. The summed E-state index contributed by atoms with van der Waals surface area (Å²) in [6, 6.07) is 5.63. The number of allylic oxidation sites excluding steroid dienone is 1. The number of methoxy groups -OCH3 is 1. The Morgan fingerprint density at radius 3 is 2.79 bits per heavy atom. The van der Waals surface area contributed by atoms with E-state index in [9.17, 15) is 4.39 Å². The molecule has 28 heavy (non-hydrogen) atoms. The quantitative estimate of drug-likeness (QED) is 0.229. The number of nitrogens with zero attached hydrogens (tertiary/aromatic N) is 1. The van der Waals surface area contributed by atoms with Gasteiger partial charge in [0.1, 0.15) is 13.7 Å². The number of anilines is 1.